The van der Waals surface area contributed by atoms with Crippen LogP contribution >= 0.6 is 0 Å². The van der Waals surface area contributed by atoms with Gasteiger partial charge < -0.3 is 10.1 Å². The van der Waals surface area contributed by atoms with E-state index in [1.165, 1.54) is 29.8 Å². The molecule has 1 unspecified atom stereocenters. The van der Waals surface area contributed by atoms with Gasteiger partial charge in [-0.15, -0.1) is 0 Å². The van der Waals surface area contributed by atoms with Gasteiger partial charge in [-0.25, -0.2) is 0 Å². The summed E-state index contributed by atoms with van der Waals surface area (Å²) in [6.45, 7) is 9.34. The lowest BCUT2D eigenvalue weighted by atomic mass is 9.87. The van der Waals surface area contributed by atoms with E-state index in [9.17, 15) is 0 Å². The van der Waals surface area contributed by atoms with Crippen molar-refractivity contribution < 1.29 is 4.74 Å². The number of likely N-dealkylation sites (N-methyl/N-ethyl adjacent to an activating group) is 1. The standard InChI is InChI=1S/C15H27N3O/c1-5-16-15(13-6-8-19-9-7-13)10-14-11(2)17-18(4)12(14)3/h13,15-16H,5-10H2,1-4H3. The smallest absolute Gasteiger partial charge is 0.0628 e. The predicted molar refractivity (Wildman–Crippen MR) is 77.4 cm³/mol. The number of ether oxygens (including phenoxy) is 1. The fraction of sp³-hybridized carbons (Fsp3) is 0.800. The molecule has 1 aromatic heterocycles. The molecule has 4 heteroatoms. The molecule has 0 spiro atoms. The van der Waals surface area contributed by atoms with E-state index < -0.39 is 0 Å². The van der Waals surface area contributed by atoms with Crippen molar-refractivity contribution in [2.75, 3.05) is 19.8 Å². The third-order valence-corrected chi connectivity index (χ3v) is 4.38. The van der Waals surface area contributed by atoms with E-state index in [2.05, 4.69) is 31.2 Å². The third-order valence-electron chi connectivity index (χ3n) is 4.38. The van der Waals surface area contributed by atoms with Crippen LogP contribution in [0.1, 0.15) is 36.7 Å². The summed E-state index contributed by atoms with van der Waals surface area (Å²) in [4.78, 5) is 0. The Hall–Kier alpha value is -0.870. The molecule has 108 valence electrons. The average Bonchev–Trinajstić information content (AvgIpc) is 2.65. The lowest BCUT2D eigenvalue weighted by Gasteiger charge is -2.31. The molecule has 1 aromatic rings. The molecule has 19 heavy (non-hydrogen) atoms. The van der Waals surface area contributed by atoms with Gasteiger partial charge in [0.2, 0.25) is 0 Å². The minimum atomic E-state index is 0.551. The van der Waals surface area contributed by atoms with Gasteiger partial charge in [0.1, 0.15) is 0 Å². The molecule has 1 N–H and O–H groups in total. The van der Waals surface area contributed by atoms with Crippen molar-refractivity contribution in [3.8, 4) is 0 Å². The summed E-state index contributed by atoms with van der Waals surface area (Å²) < 4.78 is 7.48. The minimum Gasteiger partial charge on any atom is -0.381 e. The Morgan fingerprint density at radius 3 is 2.58 bits per heavy atom. The van der Waals surface area contributed by atoms with Crippen LogP contribution in [0.2, 0.25) is 0 Å². The van der Waals surface area contributed by atoms with Gasteiger partial charge in [-0.2, -0.15) is 5.10 Å². The molecule has 0 saturated carbocycles. The predicted octanol–water partition coefficient (Wildman–Crippen LogP) is 1.98. The highest BCUT2D eigenvalue weighted by Crippen LogP contribution is 2.24. The largest absolute Gasteiger partial charge is 0.381 e. The molecule has 0 radical (unpaired) electrons. The van der Waals surface area contributed by atoms with Gasteiger partial charge in [-0.1, -0.05) is 6.92 Å². The number of aryl methyl sites for hydroxylation is 2. The summed E-state index contributed by atoms with van der Waals surface area (Å²) in [6.07, 6.45) is 3.44. The van der Waals surface area contributed by atoms with Crippen LogP contribution in [0.4, 0.5) is 0 Å². The maximum atomic E-state index is 5.49. The Balaban J connectivity index is 2.11. The number of nitrogens with zero attached hydrogens (tertiary/aromatic N) is 2. The normalized spacial score (nSPS) is 18.7. The Bertz CT molecular complexity index is 408. The van der Waals surface area contributed by atoms with Gasteiger partial charge in [0.05, 0.1) is 5.69 Å². The van der Waals surface area contributed by atoms with Crippen molar-refractivity contribution in [1.82, 2.24) is 15.1 Å². The molecule has 1 aliphatic heterocycles. The fourth-order valence-corrected chi connectivity index (χ4v) is 3.12. The molecule has 0 aliphatic carbocycles. The Morgan fingerprint density at radius 1 is 1.37 bits per heavy atom. The van der Waals surface area contributed by atoms with Crippen LogP contribution in [0.3, 0.4) is 0 Å². The van der Waals surface area contributed by atoms with Crippen LogP contribution in [-0.2, 0) is 18.2 Å². The summed E-state index contributed by atoms with van der Waals surface area (Å²) in [5, 5.41) is 8.21. The van der Waals surface area contributed by atoms with E-state index in [1.807, 2.05) is 11.7 Å². The van der Waals surface area contributed by atoms with Crippen LogP contribution in [0.15, 0.2) is 0 Å². The molecule has 1 atom stereocenters. The Labute approximate surface area is 116 Å². The van der Waals surface area contributed by atoms with E-state index in [4.69, 9.17) is 4.74 Å². The van der Waals surface area contributed by atoms with Crippen molar-refractivity contribution in [2.45, 2.75) is 46.1 Å². The molecule has 0 aromatic carbocycles. The highest BCUT2D eigenvalue weighted by Gasteiger charge is 2.25. The zero-order valence-corrected chi connectivity index (χ0v) is 12.7. The van der Waals surface area contributed by atoms with Crippen LogP contribution in [0, 0.1) is 19.8 Å². The summed E-state index contributed by atoms with van der Waals surface area (Å²) in [5.74, 6) is 0.729. The molecule has 0 amide bonds. The van der Waals surface area contributed by atoms with E-state index in [1.54, 1.807) is 0 Å². The molecule has 1 saturated heterocycles. The second-order valence-electron chi connectivity index (χ2n) is 5.59. The van der Waals surface area contributed by atoms with Crippen LogP contribution < -0.4 is 5.32 Å². The first-order valence-electron chi connectivity index (χ1n) is 7.43. The van der Waals surface area contributed by atoms with E-state index in [0.29, 0.717) is 6.04 Å². The Kier molecular flexibility index (Phi) is 4.99. The highest BCUT2D eigenvalue weighted by atomic mass is 16.5. The molecule has 2 rings (SSSR count). The molecule has 2 heterocycles. The number of hydrogen-bond donors (Lipinski definition) is 1. The number of nitrogens with one attached hydrogen (secondary N) is 1. The fourth-order valence-electron chi connectivity index (χ4n) is 3.12. The van der Waals surface area contributed by atoms with E-state index >= 15 is 0 Å². The lowest BCUT2D eigenvalue weighted by molar-refractivity contribution is 0.0539. The van der Waals surface area contributed by atoms with Crippen molar-refractivity contribution in [1.29, 1.82) is 0 Å². The topological polar surface area (TPSA) is 39.1 Å². The van der Waals surface area contributed by atoms with Gasteiger partial charge in [-0.3, -0.25) is 4.68 Å². The van der Waals surface area contributed by atoms with E-state index in [-0.39, 0.29) is 0 Å². The second-order valence-corrected chi connectivity index (χ2v) is 5.59. The molecule has 1 fully saturated rings. The second kappa shape index (κ2) is 6.53. The van der Waals surface area contributed by atoms with Crippen molar-refractivity contribution >= 4 is 0 Å². The SMILES string of the molecule is CCNC(Cc1c(C)nn(C)c1C)C1CCOCC1. The highest BCUT2D eigenvalue weighted by molar-refractivity contribution is 5.25. The lowest BCUT2D eigenvalue weighted by Crippen LogP contribution is -2.40. The molecule has 1 aliphatic rings. The van der Waals surface area contributed by atoms with Crippen LogP contribution in [-0.4, -0.2) is 35.6 Å². The van der Waals surface area contributed by atoms with Crippen molar-refractivity contribution in [3.05, 3.63) is 17.0 Å². The summed E-state index contributed by atoms with van der Waals surface area (Å²) in [6, 6.07) is 0.551. The van der Waals surface area contributed by atoms with Gasteiger partial charge in [0.25, 0.3) is 0 Å². The maximum Gasteiger partial charge on any atom is 0.0628 e. The van der Waals surface area contributed by atoms with Crippen LogP contribution in [0.5, 0.6) is 0 Å². The minimum absolute atomic E-state index is 0.551. The number of aromatic nitrogens is 2. The van der Waals surface area contributed by atoms with Crippen molar-refractivity contribution in [3.63, 3.8) is 0 Å². The first kappa shape index (κ1) is 14.5. The monoisotopic (exact) mass is 265 g/mol. The molecular weight excluding hydrogens is 238 g/mol. The van der Waals surface area contributed by atoms with Gasteiger partial charge in [0.15, 0.2) is 0 Å². The zero-order valence-electron chi connectivity index (χ0n) is 12.7. The zero-order chi connectivity index (χ0) is 13.8. The van der Waals surface area contributed by atoms with E-state index in [0.717, 1.165) is 32.1 Å². The number of rotatable bonds is 5. The first-order valence-corrected chi connectivity index (χ1v) is 7.43. The quantitative estimate of drug-likeness (QED) is 0.885. The maximum absolute atomic E-state index is 5.49. The van der Waals surface area contributed by atoms with Crippen LogP contribution in [0.25, 0.3) is 0 Å². The van der Waals surface area contributed by atoms with Gasteiger partial charge in [-0.05, 0) is 51.1 Å². The summed E-state index contributed by atoms with van der Waals surface area (Å²) in [7, 11) is 2.03. The Morgan fingerprint density at radius 2 is 2.05 bits per heavy atom. The first-order chi connectivity index (χ1) is 9.13. The third kappa shape index (κ3) is 3.37. The molecular formula is C15H27N3O. The van der Waals surface area contributed by atoms with Crippen molar-refractivity contribution in [2.24, 2.45) is 13.0 Å². The molecule has 0 bridgehead atoms. The summed E-state index contributed by atoms with van der Waals surface area (Å²) >= 11 is 0. The molecule has 4 nitrogen and oxygen atoms in total. The average molecular weight is 265 g/mol. The van der Waals surface area contributed by atoms with Gasteiger partial charge >= 0.3 is 0 Å². The summed E-state index contributed by atoms with van der Waals surface area (Å²) in [5.41, 5.74) is 3.89. The van der Waals surface area contributed by atoms with Gasteiger partial charge in [0, 0.05) is 32.0 Å². The number of hydrogen-bond acceptors (Lipinski definition) is 3.